The van der Waals surface area contributed by atoms with Gasteiger partial charge >= 0.3 is 0 Å². The molecule has 0 aromatic heterocycles. The lowest BCUT2D eigenvalue weighted by atomic mass is 10.1. The molecule has 2 aromatic rings. The topological polar surface area (TPSA) is 76.0 Å². The van der Waals surface area contributed by atoms with E-state index in [-0.39, 0.29) is 35.1 Å². The third-order valence-corrected chi connectivity index (χ3v) is 8.44. The largest absolute Gasteiger partial charge is 0.494 e. The van der Waals surface area contributed by atoms with Crippen LogP contribution in [0.3, 0.4) is 0 Å². The van der Waals surface area contributed by atoms with Gasteiger partial charge in [0.25, 0.3) is 5.91 Å². The number of anilines is 1. The van der Waals surface area contributed by atoms with Crippen molar-refractivity contribution in [1.29, 1.82) is 0 Å². The Bertz CT molecular complexity index is 1070. The van der Waals surface area contributed by atoms with Crippen LogP contribution in [0.1, 0.15) is 12.5 Å². The minimum absolute atomic E-state index is 0.0578. The number of hydrogen-bond acceptors (Lipinski definition) is 5. The molecule has 2 atom stereocenters. The summed E-state index contributed by atoms with van der Waals surface area (Å²) < 4.78 is 29.9. The number of hydrogen-bond donors (Lipinski definition) is 0. The second kappa shape index (κ2) is 8.61. The Balaban J connectivity index is 1.61. The van der Waals surface area contributed by atoms with E-state index in [0.29, 0.717) is 16.8 Å². The van der Waals surface area contributed by atoms with Crippen molar-refractivity contribution in [2.75, 3.05) is 23.0 Å². The van der Waals surface area contributed by atoms with Crippen LogP contribution in [0.4, 0.5) is 5.69 Å². The molecule has 9 heteroatoms. The van der Waals surface area contributed by atoms with Crippen molar-refractivity contribution < 1.29 is 17.9 Å². The van der Waals surface area contributed by atoms with Gasteiger partial charge in [-0.15, -0.1) is 0 Å². The lowest BCUT2D eigenvalue weighted by molar-refractivity contribution is -0.117. The summed E-state index contributed by atoms with van der Waals surface area (Å²) in [6, 6.07) is 14.3. The van der Waals surface area contributed by atoms with Crippen molar-refractivity contribution in [3.63, 3.8) is 0 Å². The van der Waals surface area contributed by atoms with E-state index < -0.39 is 9.84 Å². The number of carbonyl (C=O) groups excluding carboxylic acids is 1. The molecule has 2 aliphatic heterocycles. The second-order valence-electron chi connectivity index (χ2n) is 7.19. The summed E-state index contributed by atoms with van der Waals surface area (Å²) in [6.07, 6.45) is 0.159. The normalized spacial score (nSPS) is 23.5. The quantitative estimate of drug-likeness (QED) is 0.673. The fourth-order valence-corrected chi connectivity index (χ4v) is 7.72. The highest BCUT2D eigenvalue weighted by molar-refractivity contribution is 8.16. The Morgan fingerprint density at radius 3 is 2.53 bits per heavy atom. The fourth-order valence-electron chi connectivity index (χ4n) is 3.66. The molecular weight excluding hydrogens is 444 g/mol. The minimum atomic E-state index is -3.11. The van der Waals surface area contributed by atoms with Gasteiger partial charge in [0.15, 0.2) is 15.0 Å². The van der Waals surface area contributed by atoms with Crippen molar-refractivity contribution in [3.8, 4) is 5.75 Å². The molecule has 0 bridgehead atoms. The predicted octanol–water partition coefficient (Wildman–Crippen LogP) is 3.58. The Morgan fingerprint density at radius 2 is 1.87 bits per heavy atom. The summed E-state index contributed by atoms with van der Waals surface area (Å²) in [7, 11) is -3.11. The predicted molar refractivity (Wildman–Crippen MR) is 122 cm³/mol. The maximum atomic E-state index is 12.6. The summed E-state index contributed by atoms with van der Waals surface area (Å²) in [5.41, 5.74) is 1.63. The third-order valence-electron chi connectivity index (χ3n) is 4.98. The fraction of sp³-hybridized carbons (Fsp3) is 0.333. The number of carbonyl (C=O) groups is 1. The number of amidine groups is 1. The SMILES string of the molecule is CCOc1ccc(N2C(=NC(=O)Cc3ccc(Cl)cc3)S[C@H]3CS(=O)(=O)C[C@H]32)cc1. The highest BCUT2D eigenvalue weighted by Gasteiger charge is 2.49. The number of rotatable bonds is 5. The highest BCUT2D eigenvalue weighted by atomic mass is 35.5. The number of aliphatic imine (C=N–C) groups is 1. The molecule has 6 nitrogen and oxygen atoms in total. The van der Waals surface area contributed by atoms with Crippen LogP contribution in [-0.4, -0.2) is 48.9 Å². The Hall–Kier alpha value is -2.03. The maximum absolute atomic E-state index is 12.6. The van der Waals surface area contributed by atoms with E-state index in [1.54, 1.807) is 24.3 Å². The first-order chi connectivity index (χ1) is 14.3. The molecule has 4 rings (SSSR count). The summed E-state index contributed by atoms with van der Waals surface area (Å²) in [5, 5.41) is 1.02. The van der Waals surface area contributed by atoms with E-state index in [1.807, 2.05) is 36.1 Å². The summed E-state index contributed by atoms with van der Waals surface area (Å²) >= 11 is 7.27. The molecule has 2 aromatic carbocycles. The van der Waals surface area contributed by atoms with Crippen LogP contribution < -0.4 is 9.64 Å². The van der Waals surface area contributed by atoms with Crippen molar-refractivity contribution in [1.82, 2.24) is 0 Å². The van der Waals surface area contributed by atoms with Gasteiger partial charge in [-0.25, -0.2) is 8.42 Å². The number of sulfone groups is 1. The lowest BCUT2D eigenvalue weighted by Crippen LogP contribution is -2.37. The first kappa shape index (κ1) is 21.2. The van der Waals surface area contributed by atoms with Crippen LogP contribution in [0.2, 0.25) is 5.02 Å². The standard InChI is InChI=1S/C21H21ClN2O4S2/c1-2-28-17-9-7-16(8-10-17)24-18-12-30(26,27)13-19(18)29-21(24)23-20(25)11-14-3-5-15(22)6-4-14/h3-10,18-19H,2,11-13H2,1H3/t18-,19+/m1/s1. The van der Waals surface area contributed by atoms with Gasteiger partial charge < -0.3 is 9.64 Å². The molecule has 0 aliphatic carbocycles. The summed E-state index contributed by atoms with van der Waals surface area (Å²) in [4.78, 5) is 18.9. The van der Waals surface area contributed by atoms with E-state index in [2.05, 4.69) is 4.99 Å². The first-order valence-corrected chi connectivity index (χ1v) is 12.7. The van der Waals surface area contributed by atoms with Gasteiger partial charge in [-0.05, 0) is 48.9 Å². The molecule has 2 heterocycles. The van der Waals surface area contributed by atoms with E-state index in [0.717, 1.165) is 17.0 Å². The van der Waals surface area contributed by atoms with Gasteiger partial charge in [0.2, 0.25) is 0 Å². The van der Waals surface area contributed by atoms with Crippen molar-refractivity contribution in [2.45, 2.75) is 24.6 Å². The van der Waals surface area contributed by atoms with Crippen LogP contribution in [0.5, 0.6) is 5.75 Å². The number of benzene rings is 2. The number of thioether (sulfide) groups is 1. The Kier molecular flexibility index (Phi) is 6.09. The van der Waals surface area contributed by atoms with Gasteiger partial charge in [-0.1, -0.05) is 35.5 Å². The smallest absolute Gasteiger partial charge is 0.252 e. The van der Waals surface area contributed by atoms with E-state index in [9.17, 15) is 13.2 Å². The van der Waals surface area contributed by atoms with Crippen molar-refractivity contribution in [3.05, 3.63) is 59.1 Å². The average molecular weight is 465 g/mol. The molecule has 0 saturated carbocycles. The number of ether oxygens (including phenoxy) is 1. The van der Waals surface area contributed by atoms with Crippen LogP contribution >= 0.6 is 23.4 Å². The van der Waals surface area contributed by atoms with Crippen LogP contribution in [0.25, 0.3) is 0 Å². The number of fused-ring (bicyclic) bond motifs is 1. The number of nitrogens with zero attached hydrogens (tertiary/aromatic N) is 2. The summed E-state index contributed by atoms with van der Waals surface area (Å²) in [5.74, 6) is 0.613. The first-order valence-electron chi connectivity index (χ1n) is 9.60. The van der Waals surface area contributed by atoms with Gasteiger partial charge in [0.1, 0.15) is 5.75 Å². The maximum Gasteiger partial charge on any atom is 0.252 e. The lowest BCUT2D eigenvalue weighted by Gasteiger charge is -2.24. The van der Waals surface area contributed by atoms with Gasteiger partial charge in [-0.2, -0.15) is 4.99 Å². The Labute approximate surface area is 185 Å². The van der Waals surface area contributed by atoms with E-state index in [1.165, 1.54) is 11.8 Å². The molecule has 2 saturated heterocycles. The van der Waals surface area contributed by atoms with Crippen LogP contribution in [-0.2, 0) is 21.1 Å². The van der Waals surface area contributed by atoms with Crippen LogP contribution in [0.15, 0.2) is 53.5 Å². The van der Waals surface area contributed by atoms with Crippen molar-refractivity contribution >= 4 is 50.0 Å². The van der Waals surface area contributed by atoms with Crippen molar-refractivity contribution in [2.24, 2.45) is 4.99 Å². The van der Waals surface area contributed by atoms with Gasteiger partial charge in [0.05, 0.1) is 30.6 Å². The zero-order valence-corrected chi connectivity index (χ0v) is 18.7. The third kappa shape index (κ3) is 4.66. The molecule has 30 heavy (non-hydrogen) atoms. The Morgan fingerprint density at radius 1 is 1.17 bits per heavy atom. The highest BCUT2D eigenvalue weighted by Crippen LogP contribution is 2.41. The summed E-state index contributed by atoms with van der Waals surface area (Å²) in [6.45, 7) is 2.48. The van der Waals surface area contributed by atoms with Gasteiger partial charge in [0, 0.05) is 16.0 Å². The van der Waals surface area contributed by atoms with E-state index in [4.69, 9.17) is 16.3 Å². The van der Waals surface area contributed by atoms with E-state index >= 15 is 0 Å². The monoisotopic (exact) mass is 464 g/mol. The molecule has 0 N–H and O–H groups in total. The zero-order chi connectivity index (χ0) is 21.3. The molecule has 158 valence electrons. The molecule has 0 unspecified atom stereocenters. The number of halogens is 1. The molecule has 0 spiro atoms. The van der Waals surface area contributed by atoms with Gasteiger partial charge in [-0.3, -0.25) is 4.79 Å². The number of amides is 1. The molecule has 2 fully saturated rings. The minimum Gasteiger partial charge on any atom is -0.494 e. The van der Waals surface area contributed by atoms with Crippen LogP contribution in [0, 0.1) is 0 Å². The second-order valence-corrected chi connectivity index (χ2v) is 11.0. The molecular formula is C21H21ClN2O4S2. The molecule has 0 radical (unpaired) electrons. The average Bonchev–Trinajstić information content (AvgIpc) is 3.15. The molecule has 1 amide bonds. The zero-order valence-electron chi connectivity index (χ0n) is 16.3. The molecule has 2 aliphatic rings.